The second kappa shape index (κ2) is 6.53. The van der Waals surface area contributed by atoms with E-state index >= 15 is 0 Å². The molecule has 0 saturated carbocycles. The van der Waals surface area contributed by atoms with Gasteiger partial charge in [0.15, 0.2) is 11.6 Å². The zero-order valence-corrected chi connectivity index (χ0v) is 12.2. The number of ether oxygens (including phenoxy) is 1. The molecular formula is C17H20FNO. The van der Waals surface area contributed by atoms with Gasteiger partial charge in [0, 0.05) is 13.1 Å². The van der Waals surface area contributed by atoms with Gasteiger partial charge in [-0.05, 0) is 42.8 Å². The van der Waals surface area contributed by atoms with E-state index in [1.165, 1.54) is 24.3 Å². The number of rotatable bonds is 5. The van der Waals surface area contributed by atoms with Crippen molar-refractivity contribution in [3.05, 3.63) is 65.0 Å². The number of halogens is 1. The highest BCUT2D eigenvalue weighted by molar-refractivity contribution is 5.29. The number of hydrogen-bond donors (Lipinski definition) is 0. The molecule has 0 radical (unpaired) electrons. The fraction of sp³-hybridized carbons (Fsp3) is 0.294. The van der Waals surface area contributed by atoms with E-state index in [1.807, 2.05) is 25.2 Å². The van der Waals surface area contributed by atoms with E-state index in [1.54, 1.807) is 6.07 Å². The summed E-state index contributed by atoms with van der Waals surface area (Å²) in [5.41, 5.74) is 3.52. The summed E-state index contributed by atoms with van der Waals surface area (Å²) in [6.07, 6.45) is 0. The van der Waals surface area contributed by atoms with Crippen molar-refractivity contribution in [1.29, 1.82) is 0 Å². The minimum Gasteiger partial charge on any atom is -0.494 e. The lowest BCUT2D eigenvalue weighted by atomic mass is 10.1. The highest BCUT2D eigenvalue weighted by Crippen LogP contribution is 2.19. The average molecular weight is 273 g/mol. The number of aryl methyl sites for hydroxylation is 1. The van der Waals surface area contributed by atoms with Gasteiger partial charge in [-0.2, -0.15) is 0 Å². The van der Waals surface area contributed by atoms with E-state index in [0.29, 0.717) is 6.54 Å². The molecular weight excluding hydrogens is 253 g/mol. The Morgan fingerprint density at radius 2 is 1.85 bits per heavy atom. The van der Waals surface area contributed by atoms with Gasteiger partial charge in [0.2, 0.25) is 0 Å². The second-order valence-electron chi connectivity index (χ2n) is 5.07. The number of nitrogens with zero attached hydrogens (tertiary/aromatic N) is 1. The van der Waals surface area contributed by atoms with E-state index in [-0.39, 0.29) is 11.6 Å². The Morgan fingerprint density at radius 1 is 1.10 bits per heavy atom. The molecule has 2 rings (SSSR count). The summed E-state index contributed by atoms with van der Waals surface area (Å²) < 4.78 is 18.6. The van der Waals surface area contributed by atoms with Crippen LogP contribution in [0.25, 0.3) is 0 Å². The van der Waals surface area contributed by atoms with Gasteiger partial charge in [-0.15, -0.1) is 0 Å². The molecule has 0 aliphatic heterocycles. The van der Waals surface area contributed by atoms with Crippen molar-refractivity contribution in [2.45, 2.75) is 20.0 Å². The van der Waals surface area contributed by atoms with Gasteiger partial charge in [0.1, 0.15) is 0 Å². The number of benzene rings is 2. The van der Waals surface area contributed by atoms with Crippen LogP contribution in [0.3, 0.4) is 0 Å². The monoisotopic (exact) mass is 273 g/mol. The predicted molar refractivity (Wildman–Crippen MR) is 79.3 cm³/mol. The summed E-state index contributed by atoms with van der Waals surface area (Å²) in [6, 6.07) is 13.4. The summed E-state index contributed by atoms with van der Waals surface area (Å²) in [6.45, 7) is 3.66. The molecule has 0 aliphatic rings. The van der Waals surface area contributed by atoms with Crippen LogP contribution in [0, 0.1) is 12.7 Å². The highest BCUT2D eigenvalue weighted by atomic mass is 19.1. The first kappa shape index (κ1) is 14.5. The van der Waals surface area contributed by atoms with Crippen molar-refractivity contribution >= 4 is 0 Å². The molecule has 0 bridgehead atoms. The number of hydrogen-bond acceptors (Lipinski definition) is 2. The van der Waals surface area contributed by atoms with E-state index in [4.69, 9.17) is 4.74 Å². The Hall–Kier alpha value is -1.87. The summed E-state index contributed by atoms with van der Waals surface area (Å²) in [4.78, 5) is 2.17. The fourth-order valence-corrected chi connectivity index (χ4v) is 2.25. The Kier molecular flexibility index (Phi) is 4.74. The molecule has 0 atom stereocenters. The topological polar surface area (TPSA) is 12.5 Å². The molecule has 3 heteroatoms. The maximum absolute atomic E-state index is 13.6. The molecule has 0 saturated heterocycles. The van der Waals surface area contributed by atoms with Gasteiger partial charge in [0.25, 0.3) is 0 Å². The third kappa shape index (κ3) is 3.58. The number of methoxy groups -OCH3 is 1. The molecule has 0 aromatic heterocycles. The van der Waals surface area contributed by atoms with Crippen LogP contribution in [0.15, 0.2) is 42.5 Å². The van der Waals surface area contributed by atoms with Crippen LogP contribution in [0.1, 0.15) is 16.7 Å². The van der Waals surface area contributed by atoms with Crippen molar-refractivity contribution < 1.29 is 9.13 Å². The predicted octanol–water partition coefficient (Wildman–Crippen LogP) is 3.77. The maximum atomic E-state index is 13.6. The molecule has 2 nitrogen and oxygen atoms in total. The largest absolute Gasteiger partial charge is 0.494 e. The second-order valence-corrected chi connectivity index (χ2v) is 5.07. The van der Waals surface area contributed by atoms with Gasteiger partial charge >= 0.3 is 0 Å². The van der Waals surface area contributed by atoms with Gasteiger partial charge in [-0.1, -0.05) is 30.3 Å². The van der Waals surface area contributed by atoms with Crippen molar-refractivity contribution in [2.75, 3.05) is 14.2 Å². The maximum Gasteiger partial charge on any atom is 0.165 e. The lowest BCUT2D eigenvalue weighted by molar-refractivity contribution is 0.317. The average Bonchev–Trinajstić information content (AvgIpc) is 2.41. The van der Waals surface area contributed by atoms with Crippen LogP contribution in [-0.4, -0.2) is 19.1 Å². The Balaban J connectivity index is 2.03. The van der Waals surface area contributed by atoms with Crippen LogP contribution >= 0.6 is 0 Å². The Morgan fingerprint density at radius 3 is 2.50 bits per heavy atom. The van der Waals surface area contributed by atoms with Gasteiger partial charge in [-0.25, -0.2) is 4.39 Å². The molecule has 0 spiro atoms. The molecule has 0 fully saturated rings. The molecule has 0 aliphatic carbocycles. The molecule has 0 unspecified atom stereocenters. The van der Waals surface area contributed by atoms with E-state index in [2.05, 4.69) is 24.0 Å². The van der Waals surface area contributed by atoms with Crippen molar-refractivity contribution in [1.82, 2.24) is 4.90 Å². The molecule has 0 amide bonds. The molecule has 0 N–H and O–H groups in total. The molecule has 106 valence electrons. The lowest BCUT2D eigenvalue weighted by Crippen LogP contribution is -2.17. The summed E-state index contributed by atoms with van der Waals surface area (Å²) >= 11 is 0. The molecule has 2 aromatic carbocycles. The van der Waals surface area contributed by atoms with E-state index < -0.39 is 0 Å². The fourth-order valence-electron chi connectivity index (χ4n) is 2.25. The van der Waals surface area contributed by atoms with Gasteiger partial charge < -0.3 is 4.74 Å². The van der Waals surface area contributed by atoms with Crippen LogP contribution < -0.4 is 4.74 Å². The SMILES string of the molecule is COc1ccc(CN(C)Cc2ccccc2C)cc1F. The van der Waals surface area contributed by atoms with Crippen molar-refractivity contribution in [2.24, 2.45) is 0 Å². The lowest BCUT2D eigenvalue weighted by Gasteiger charge is -2.18. The van der Waals surface area contributed by atoms with Crippen LogP contribution in [0.5, 0.6) is 5.75 Å². The molecule has 2 aromatic rings. The van der Waals surface area contributed by atoms with Crippen LogP contribution in [0.4, 0.5) is 4.39 Å². The Bertz CT molecular complexity index is 583. The smallest absolute Gasteiger partial charge is 0.165 e. The van der Waals surface area contributed by atoms with Crippen LogP contribution in [-0.2, 0) is 13.1 Å². The summed E-state index contributed by atoms with van der Waals surface area (Å²) in [5, 5.41) is 0. The minimum absolute atomic E-state index is 0.287. The Labute approximate surface area is 119 Å². The van der Waals surface area contributed by atoms with Gasteiger partial charge in [0.05, 0.1) is 7.11 Å². The first-order chi connectivity index (χ1) is 9.60. The normalized spacial score (nSPS) is 10.8. The zero-order valence-electron chi connectivity index (χ0n) is 12.2. The molecule has 20 heavy (non-hydrogen) atoms. The third-order valence-electron chi connectivity index (χ3n) is 3.37. The van der Waals surface area contributed by atoms with E-state index in [9.17, 15) is 4.39 Å². The zero-order chi connectivity index (χ0) is 14.5. The quantitative estimate of drug-likeness (QED) is 0.822. The minimum atomic E-state index is -0.311. The standard InChI is InChI=1S/C17H20FNO/c1-13-6-4-5-7-15(13)12-19(2)11-14-8-9-17(20-3)16(18)10-14/h4-10H,11-12H2,1-3H3. The third-order valence-corrected chi connectivity index (χ3v) is 3.37. The highest BCUT2D eigenvalue weighted by Gasteiger charge is 2.07. The molecule has 0 heterocycles. The van der Waals surface area contributed by atoms with Gasteiger partial charge in [-0.3, -0.25) is 4.90 Å². The first-order valence-corrected chi connectivity index (χ1v) is 6.65. The summed E-state index contributed by atoms with van der Waals surface area (Å²) in [5.74, 6) is -0.0235. The van der Waals surface area contributed by atoms with Crippen molar-refractivity contribution in [3.63, 3.8) is 0 Å². The summed E-state index contributed by atoms with van der Waals surface area (Å²) in [7, 11) is 3.51. The van der Waals surface area contributed by atoms with E-state index in [0.717, 1.165) is 12.1 Å². The van der Waals surface area contributed by atoms with Crippen molar-refractivity contribution in [3.8, 4) is 5.75 Å². The van der Waals surface area contributed by atoms with Crippen LogP contribution in [0.2, 0.25) is 0 Å². The first-order valence-electron chi connectivity index (χ1n) is 6.65.